The van der Waals surface area contributed by atoms with Crippen LogP contribution in [0, 0.1) is 27.2 Å². The second-order valence-electron chi connectivity index (χ2n) is 4.44. The Morgan fingerprint density at radius 2 is 1.82 bits per heavy atom. The van der Waals surface area contributed by atoms with Crippen molar-refractivity contribution in [2.75, 3.05) is 5.43 Å². The summed E-state index contributed by atoms with van der Waals surface area (Å²) < 4.78 is 0. The van der Waals surface area contributed by atoms with Gasteiger partial charge in [-0.15, -0.1) is 0 Å². The van der Waals surface area contributed by atoms with E-state index >= 15 is 0 Å². The molecule has 2 aromatic carbocycles. The van der Waals surface area contributed by atoms with E-state index in [-0.39, 0.29) is 11.4 Å². The van der Waals surface area contributed by atoms with E-state index in [2.05, 4.69) is 10.5 Å². The summed E-state index contributed by atoms with van der Waals surface area (Å²) in [5, 5.41) is 25.6. The lowest BCUT2D eigenvalue weighted by atomic mass is 10.1. The first kappa shape index (κ1) is 15.1. The summed E-state index contributed by atoms with van der Waals surface area (Å²) in [6.45, 7) is 1.91. The topological polar surface area (TPSA) is 111 Å². The largest absolute Gasteiger partial charge is 0.301 e. The van der Waals surface area contributed by atoms with Gasteiger partial charge in [0.05, 0.1) is 22.1 Å². The fraction of sp³-hybridized carbons (Fsp3) is 0.0714. The van der Waals surface area contributed by atoms with Crippen molar-refractivity contribution in [1.82, 2.24) is 0 Å². The van der Waals surface area contributed by atoms with Crippen LogP contribution in [0.25, 0.3) is 0 Å². The second-order valence-corrected chi connectivity index (χ2v) is 4.44. The number of nitro groups is 2. The van der Waals surface area contributed by atoms with Gasteiger partial charge in [-0.1, -0.05) is 24.3 Å². The summed E-state index contributed by atoms with van der Waals surface area (Å²) in [6.07, 6.45) is 1.53. The molecule has 2 aromatic rings. The molecule has 22 heavy (non-hydrogen) atoms. The number of nitrogens with one attached hydrogen (secondary N) is 1. The second kappa shape index (κ2) is 6.44. The van der Waals surface area contributed by atoms with E-state index in [1.807, 2.05) is 31.2 Å². The number of nitro benzene ring substituents is 2. The zero-order valence-electron chi connectivity index (χ0n) is 11.6. The smallest absolute Gasteiger partial charge is 0.272 e. The van der Waals surface area contributed by atoms with Gasteiger partial charge in [-0.3, -0.25) is 25.7 Å². The maximum absolute atomic E-state index is 11.0. The molecule has 1 N–H and O–H groups in total. The molecule has 8 nitrogen and oxygen atoms in total. The van der Waals surface area contributed by atoms with Crippen LogP contribution in [0.4, 0.5) is 17.1 Å². The SMILES string of the molecule is Cc1ccccc1/C=N/Nc1ccc([N+](=O)[O-])cc1[N+](=O)[O-]. The van der Waals surface area contributed by atoms with Crippen molar-refractivity contribution in [3.8, 4) is 0 Å². The predicted octanol–water partition coefficient (Wildman–Crippen LogP) is 3.26. The first-order valence-corrected chi connectivity index (χ1v) is 6.26. The molecule has 0 aromatic heterocycles. The fourth-order valence-electron chi connectivity index (χ4n) is 1.78. The first-order valence-electron chi connectivity index (χ1n) is 6.26. The van der Waals surface area contributed by atoms with Crippen LogP contribution in [-0.2, 0) is 0 Å². The van der Waals surface area contributed by atoms with Crippen LogP contribution < -0.4 is 5.43 Å². The van der Waals surface area contributed by atoms with Crippen molar-refractivity contribution in [3.05, 3.63) is 73.8 Å². The summed E-state index contributed by atoms with van der Waals surface area (Å²) in [7, 11) is 0. The average molecular weight is 300 g/mol. The van der Waals surface area contributed by atoms with Gasteiger partial charge in [0, 0.05) is 6.07 Å². The molecular formula is C14H12N4O4. The molecule has 0 aliphatic heterocycles. The number of benzene rings is 2. The Kier molecular flexibility index (Phi) is 4.42. The Morgan fingerprint density at radius 3 is 2.45 bits per heavy atom. The average Bonchev–Trinajstić information content (AvgIpc) is 2.49. The van der Waals surface area contributed by atoms with E-state index in [0.29, 0.717) is 0 Å². The molecular weight excluding hydrogens is 288 g/mol. The Hall–Kier alpha value is -3.29. The highest BCUT2D eigenvalue weighted by Crippen LogP contribution is 2.28. The molecule has 0 saturated carbocycles. The lowest BCUT2D eigenvalue weighted by Crippen LogP contribution is -1.99. The third kappa shape index (κ3) is 3.42. The minimum absolute atomic E-state index is 0.0837. The van der Waals surface area contributed by atoms with E-state index in [9.17, 15) is 20.2 Å². The van der Waals surface area contributed by atoms with E-state index in [1.54, 1.807) is 0 Å². The minimum atomic E-state index is -0.696. The zero-order chi connectivity index (χ0) is 16.1. The van der Waals surface area contributed by atoms with Crippen LogP contribution >= 0.6 is 0 Å². The van der Waals surface area contributed by atoms with Gasteiger partial charge < -0.3 is 0 Å². The molecule has 0 amide bonds. The third-order valence-corrected chi connectivity index (χ3v) is 2.97. The number of hydrogen-bond donors (Lipinski definition) is 1. The van der Waals surface area contributed by atoms with Gasteiger partial charge in [0.2, 0.25) is 0 Å². The maximum Gasteiger partial charge on any atom is 0.301 e. The highest BCUT2D eigenvalue weighted by atomic mass is 16.6. The van der Waals surface area contributed by atoms with Gasteiger partial charge in [0.1, 0.15) is 5.69 Å². The molecule has 0 radical (unpaired) electrons. The van der Waals surface area contributed by atoms with Gasteiger partial charge in [0.25, 0.3) is 5.69 Å². The van der Waals surface area contributed by atoms with Crippen LogP contribution in [0.3, 0.4) is 0 Å². The van der Waals surface area contributed by atoms with Gasteiger partial charge >= 0.3 is 5.69 Å². The highest BCUT2D eigenvalue weighted by Gasteiger charge is 2.18. The van der Waals surface area contributed by atoms with E-state index in [4.69, 9.17) is 0 Å². The van der Waals surface area contributed by atoms with Crippen molar-refractivity contribution in [3.63, 3.8) is 0 Å². The minimum Gasteiger partial charge on any atom is -0.272 e. The molecule has 0 saturated heterocycles. The molecule has 0 spiro atoms. The number of anilines is 1. The summed E-state index contributed by atoms with van der Waals surface area (Å²) in [6, 6.07) is 10.8. The van der Waals surface area contributed by atoms with Crippen molar-refractivity contribution < 1.29 is 9.85 Å². The van der Waals surface area contributed by atoms with E-state index < -0.39 is 15.5 Å². The monoisotopic (exact) mass is 300 g/mol. The van der Waals surface area contributed by atoms with Crippen LogP contribution in [0.5, 0.6) is 0 Å². The number of rotatable bonds is 5. The van der Waals surface area contributed by atoms with Gasteiger partial charge in [-0.2, -0.15) is 5.10 Å². The molecule has 0 heterocycles. The van der Waals surface area contributed by atoms with Crippen LogP contribution in [0.1, 0.15) is 11.1 Å². The standard InChI is InChI=1S/C14H12N4O4/c1-10-4-2-3-5-11(10)9-15-16-13-7-6-12(17(19)20)8-14(13)18(21)22/h2-9,16H,1H3/b15-9+. The maximum atomic E-state index is 11.0. The lowest BCUT2D eigenvalue weighted by molar-refractivity contribution is -0.393. The highest BCUT2D eigenvalue weighted by molar-refractivity contribution is 5.82. The van der Waals surface area contributed by atoms with Gasteiger partial charge in [0.15, 0.2) is 0 Å². The Morgan fingerprint density at radius 1 is 1.09 bits per heavy atom. The number of non-ortho nitro benzene ring substituents is 1. The molecule has 0 fully saturated rings. The normalized spacial score (nSPS) is 10.6. The molecule has 0 bridgehead atoms. The number of aryl methyl sites for hydroxylation is 1. The first-order chi connectivity index (χ1) is 10.5. The van der Waals surface area contributed by atoms with Crippen molar-refractivity contribution >= 4 is 23.3 Å². The summed E-state index contributed by atoms with van der Waals surface area (Å²) >= 11 is 0. The molecule has 0 unspecified atom stereocenters. The molecule has 8 heteroatoms. The predicted molar refractivity (Wildman–Crippen MR) is 82.1 cm³/mol. The van der Waals surface area contributed by atoms with Crippen LogP contribution in [0.2, 0.25) is 0 Å². The van der Waals surface area contributed by atoms with Crippen LogP contribution in [-0.4, -0.2) is 16.1 Å². The number of hydrazone groups is 1. The van der Waals surface area contributed by atoms with Gasteiger partial charge in [-0.05, 0) is 24.1 Å². The summed E-state index contributed by atoms with van der Waals surface area (Å²) in [4.78, 5) is 20.2. The molecule has 2 rings (SSSR count). The quantitative estimate of drug-likeness (QED) is 0.517. The van der Waals surface area contributed by atoms with Crippen molar-refractivity contribution in [2.24, 2.45) is 5.10 Å². The van der Waals surface area contributed by atoms with E-state index in [0.717, 1.165) is 17.2 Å². The molecule has 0 atom stereocenters. The summed E-state index contributed by atoms with van der Waals surface area (Å²) in [5.74, 6) is 0. The summed E-state index contributed by atoms with van der Waals surface area (Å²) in [5.41, 5.74) is 3.74. The molecule has 112 valence electrons. The lowest BCUT2D eigenvalue weighted by Gasteiger charge is -2.02. The Balaban J connectivity index is 2.24. The zero-order valence-corrected chi connectivity index (χ0v) is 11.6. The molecule has 0 aliphatic carbocycles. The fourth-order valence-corrected chi connectivity index (χ4v) is 1.78. The van der Waals surface area contributed by atoms with Gasteiger partial charge in [-0.25, -0.2) is 0 Å². The van der Waals surface area contributed by atoms with E-state index in [1.165, 1.54) is 18.3 Å². The molecule has 0 aliphatic rings. The number of hydrogen-bond acceptors (Lipinski definition) is 6. The van der Waals surface area contributed by atoms with Crippen molar-refractivity contribution in [1.29, 1.82) is 0 Å². The Bertz CT molecular complexity index is 758. The van der Waals surface area contributed by atoms with Crippen LogP contribution in [0.15, 0.2) is 47.6 Å². The Labute approximate surface area is 125 Å². The third-order valence-electron chi connectivity index (χ3n) is 2.97. The van der Waals surface area contributed by atoms with Crippen molar-refractivity contribution in [2.45, 2.75) is 6.92 Å². The number of nitrogens with zero attached hydrogens (tertiary/aromatic N) is 3.